The number of nitrogens with one attached hydrogen (secondary N) is 1. The molecule has 0 aromatic carbocycles. The van der Waals surface area contributed by atoms with Crippen LogP contribution >= 0.6 is 0 Å². The summed E-state index contributed by atoms with van der Waals surface area (Å²) in [5.74, 6) is 0.0301. The first-order valence-corrected chi connectivity index (χ1v) is 5.26. The maximum absolute atomic E-state index is 11.5. The third-order valence-electron chi connectivity index (χ3n) is 2.77. The first kappa shape index (κ1) is 11.5. The van der Waals surface area contributed by atoms with E-state index in [9.17, 15) is 4.79 Å². The largest absolute Gasteiger partial charge is 0.354 e. The number of hydrogen-bond acceptors (Lipinski definition) is 3. The average molecular weight is 199 g/mol. The predicted molar refractivity (Wildman–Crippen MR) is 57.0 cm³/mol. The van der Waals surface area contributed by atoms with E-state index in [1.807, 2.05) is 14.1 Å². The van der Waals surface area contributed by atoms with Crippen LogP contribution in [0.4, 0.5) is 0 Å². The van der Waals surface area contributed by atoms with Crippen molar-refractivity contribution in [2.24, 2.45) is 5.73 Å². The molecular weight excluding hydrogens is 178 g/mol. The molecule has 0 aromatic rings. The minimum absolute atomic E-state index is 0.0301. The summed E-state index contributed by atoms with van der Waals surface area (Å²) >= 11 is 0. The molecule has 3 N–H and O–H groups in total. The molecule has 1 saturated carbocycles. The van der Waals surface area contributed by atoms with Crippen molar-refractivity contribution in [1.82, 2.24) is 10.2 Å². The fourth-order valence-corrected chi connectivity index (χ4v) is 1.56. The molecule has 0 heterocycles. The average Bonchev–Trinajstić information content (AvgIpc) is 2.07. The van der Waals surface area contributed by atoms with E-state index < -0.39 is 5.54 Å². The van der Waals surface area contributed by atoms with Crippen molar-refractivity contribution < 1.29 is 4.79 Å². The van der Waals surface area contributed by atoms with Crippen molar-refractivity contribution in [2.75, 3.05) is 27.2 Å². The molecule has 4 heteroatoms. The van der Waals surface area contributed by atoms with Gasteiger partial charge in [-0.15, -0.1) is 0 Å². The van der Waals surface area contributed by atoms with Gasteiger partial charge in [0.15, 0.2) is 0 Å². The third-order valence-corrected chi connectivity index (χ3v) is 2.77. The molecule has 14 heavy (non-hydrogen) atoms. The molecule has 0 unspecified atom stereocenters. The highest BCUT2D eigenvalue weighted by molar-refractivity contribution is 5.86. The summed E-state index contributed by atoms with van der Waals surface area (Å²) in [7, 11) is 4.05. The van der Waals surface area contributed by atoms with Gasteiger partial charge in [0.1, 0.15) is 0 Å². The Hall–Kier alpha value is -0.610. The second-order valence-electron chi connectivity index (χ2n) is 4.42. The number of rotatable bonds is 5. The van der Waals surface area contributed by atoms with Gasteiger partial charge in [0, 0.05) is 6.54 Å². The van der Waals surface area contributed by atoms with Crippen molar-refractivity contribution in [3.8, 4) is 0 Å². The van der Waals surface area contributed by atoms with Gasteiger partial charge in [-0.3, -0.25) is 4.79 Å². The van der Waals surface area contributed by atoms with Gasteiger partial charge in [-0.05, 0) is 46.3 Å². The summed E-state index contributed by atoms with van der Waals surface area (Å²) in [6.07, 6.45) is 3.75. The van der Waals surface area contributed by atoms with Crippen LogP contribution in [0, 0.1) is 0 Å². The Kier molecular flexibility index (Phi) is 3.89. The zero-order chi connectivity index (χ0) is 10.6. The summed E-state index contributed by atoms with van der Waals surface area (Å²) in [5, 5.41) is 2.89. The molecule has 1 aliphatic rings. The van der Waals surface area contributed by atoms with E-state index in [1.165, 1.54) is 0 Å². The number of nitrogens with two attached hydrogens (primary N) is 1. The van der Waals surface area contributed by atoms with Crippen LogP contribution < -0.4 is 11.1 Å². The van der Waals surface area contributed by atoms with Crippen LogP contribution in [-0.2, 0) is 4.79 Å². The number of hydrogen-bond donors (Lipinski definition) is 2. The van der Waals surface area contributed by atoms with Crippen molar-refractivity contribution >= 4 is 5.91 Å². The van der Waals surface area contributed by atoms with Gasteiger partial charge in [-0.25, -0.2) is 0 Å². The van der Waals surface area contributed by atoms with E-state index in [0.29, 0.717) is 0 Å². The molecule has 0 bridgehead atoms. The van der Waals surface area contributed by atoms with E-state index in [0.717, 1.165) is 38.8 Å². The Bertz CT molecular complexity index is 200. The van der Waals surface area contributed by atoms with Crippen LogP contribution in [0.5, 0.6) is 0 Å². The fraction of sp³-hybridized carbons (Fsp3) is 0.900. The predicted octanol–water partition coefficient (Wildman–Crippen LogP) is -0.0643. The zero-order valence-corrected chi connectivity index (χ0v) is 9.18. The number of amides is 1. The summed E-state index contributed by atoms with van der Waals surface area (Å²) in [6, 6.07) is 0. The summed E-state index contributed by atoms with van der Waals surface area (Å²) < 4.78 is 0. The normalized spacial score (nSPS) is 19.1. The van der Waals surface area contributed by atoms with E-state index >= 15 is 0 Å². The van der Waals surface area contributed by atoms with Gasteiger partial charge < -0.3 is 16.0 Å². The van der Waals surface area contributed by atoms with Crippen molar-refractivity contribution in [3.05, 3.63) is 0 Å². The van der Waals surface area contributed by atoms with E-state index in [1.54, 1.807) is 0 Å². The molecule has 0 aliphatic heterocycles. The molecule has 0 atom stereocenters. The van der Waals surface area contributed by atoms with Crippen molar-refractivity contribution in [3.63, 3.8) is 0 Å². The number of carbonyl (C=O) groups is 1. The van der Waals surface area contributed by atoms with Crippen LogP contribution in [0.1, 0.15) is 25.7 Å². The summed E-state index contributed by atoms with van der Waals surface area (Å²) in [4.78, 5) is 13.6. The molecule has 1 aliphatic carbocycles. The fourth-order valence-electron chi connectivity index (χ4n) is 1.56. The molecule has 1 fully saturated rings. The molecule has 0 spiro atoms. The lowest BCUT2D eigenvalue weighted by Gasteiger charge is -2.36. The van der Waals surface area contributed by atoms with Crippen molar-refractivity contribution in [1.29, 1.82) is 0 Å². The number of carbonyl (C=O) groups excluding carboxylic acids is 1. The molecule has 0 saturated heterocycles. The highest BCUT2D eigenvalue weighted by Gasteiger charge is 2.39. The van der Waals surface area contributed by atoms with E-state index in [-0.39, 0.29) is 5.91 Å². The highest BCUT2D eigenvalue weighted by atomic mass is 16.2. The lowest BCUT2D eigenvalue weighted by Crippen LogP contribution is -2.58. The van der Waals surface area contributed by atoms with E-state index in [4.69, 9.17) is 5.73 Å². The second-order valence-corrected chi connectivity index (χ2v) is 4.42. The zero-order valence-electron chi connectivity index (χ0n) is 9.18. The minimum atomic E-state index is -0.544. The maximum atomic E-state index is 11.5. The number of nitrogens with zero attached hydrogens (tertiary/aromatic N) is 1. The van der Waals surface area contributed by atoms with Crippen molar-refractivity contribution in [2.45, 2.75) is 31.2 Å². The minimum Gasteiger partial charge on any atom is -0.354 e. The smallest absolute Gasteiger partial charge is 0.240 e. The van der Waals surface area contributed by atoms with Crippen LogP contribution in [0.25, 0.3) is 0 Å². The summed E-state index contributed by atoms with van der Waals surface area (Å²) in [6.45, 7) is 1.73. The Morgan fingerprint density at radius 2 is 2.14 bits per heavy atom. The van der Waals surface area contributed by atoms with Gasteiger partial charge in [0.05, 0.1) is 5.54 Å². The summed E-state index contributed by atoms with van der Waals surface area (Å²) in [5.41, 5.74) is 5.32. The monoisotopic (exact) mass is 199 g/mol. The standard InChI is InChI=1S/C10H21N3O/c1-13(2)8-4-7-12-9(14)10(11)5-3-6-10/h3-8,11H2,1-2H3,(H,12,14). The first-order valence-electron chi connectivity index (χ1n) is 5.26. The lowest BCUT2D eigenvalue weighted by molar-refractivity contribution is -0.129. The van der Waals surface area contributed by atoms with Crippen LogP contribution in [0.3, 0.4) is 0 Å². The van der Waals surface area contributed by atoms with Gasteiger partial charge >= 0.3 is 0 Å². The Balaban J connectivity index is 2.09. The molecule has 4 nitrogen and oxygen atoms in total. The molecule has 1 amide bonds. The SMILES string of the molecule is CN(C)CCCNC(=O)C1(N)CCC1. The van der Waals surface area contributed by atoms with Gasteiger partial charge in [-0.2, -0.15) is 0 Å². The Labute approximate surface area is 85.8 Å². The van der Waals surface area contributed by atoms with Crippen LogP contribution in [-0.4, -0.2) is 43.5 Å². The lowest BCUT2D eigenvalue weighted by atomic mass is 9.77. The molecule has 0 radical (unpaired) electrons. The Morgan fingerprint density at radius 3 is 2.57 bits per heavy atom. The molecule has 82 valence electrons. The van der Waals surface area contributed by atoms with Gasteiger partial charge in [0.2, 0.25) is 5.91 Å². The first-order chi connectivity index (χ1) is 6.54. The highest BCUT2D eigenvalue weighted by Crippen LogP contribution is 2.28. The van der Waals surface area contributed by atoms with Gasteiger partial charge in [-0.1, -0.05) is 0 Å². The maximum Gasteiger partial charge on any atom is 0.240 e. The molecule has 1 rings (SSSR count). The van der Waals surface area contributed by atoms with E-state index in [2.05, 4.69) is 10.2 Å². The Morgan fingerprint density at radius 1 is 1.50 bits per heavy atom. The van der Waals surface area contributed by atoms with Crippen LogP contribution in [0.2, 0.25) is 0 Å². The quantitative estimate of drug-likeness (QED) is 0.610. The molecular formula is C10H21N3O. The molecule has 0 aromatic heterocycles. The second kappa shape index (κ2) is 4.75. The third kappa shape index (κ3) is 2.96. The van der Waals surface area contributed by atoms with Crippen LogP contribution in [0.15, 0.2) is 0 Å². The topological polar surface area (TPSA) is 58.4 Å². The van der Waals surface area contributed by atoms with Gasteiger partial charge in [0.25, 0.3) is 0 Å².